The molecule has 134 valence electrons. The first-order valence-corrected chi connectivity index (χ1v) is 9.22. The molecule has 0 saturated carbocycles. The molecule has 2 saturated heterocycles. The van der Waals surface area contributed by atoms with E-state index in [1.807, 2.05) is 24.3 Å². The zero-order valence-electron chi connectivity index (χ0n) is 14.5. The molecule has 0 aliphatic carbocycles. The fourth-order valence-corrected chi connectivity index (χ4v) is 4.28. The lowest BCUT2D eigenvalue weighted by atomic mass is 10.00. The summed E-state index contributed by atoms with van der Waals surface area (Å²) in [6, 6.07) is 8.85. The third kappa shape index (κ3) is 3.35. The summed E-state index contributed by atoms with van der Waals surface area (Å²) in [7, 11) is 0. The van der Waals surface area contributed by atoms with E-state index in [1.54, 1.807) is 11.8 Å². The van der Waals surface area contributed by atoms with Gasteiger partial charge in [0.05, 0.1) is 5.69 Å². The van der Waals surface area contributed by atoms with Gasteiger partial charge < -0.3 is 20.3 Å². The molecule has 3 aliphatic heterocycles. The van der Waals surface area contributed by atoms with Crippen molar-refractivity contribution in [2.24, 2.45) is 0 Å². The predicted octanol–water partition coefficient (Wildman–Crippen LogP) is 1.59. The molecule has 25 heavy (non-hydrogen) atoms. The fourth-order valence-electron chi connectivity index (χ4n) is 4.28. The van der Waals surface area contributed by atoms with Crippen LogP contribution in [0.1, 0.15) is 39.0 Å². The van der Waals surface area contributed by atoms with Crippen LogP contribution in [0.15, 0.2) is 24.3 Å². The van der Waals surface area contributed by atoms with Crippen molar-refractivity contribution >= 4 is 17.5 Å². The second-order valence-corrected chi connectivity index (χ2v) is 7.34. The average molecular weight is 343 g/mol. The molecule has 3 aliphatic rings. The topological polar surface area (TPSA) is 70.7 Å². The van der Waals surface area contributed by atoms with Crippen LogP contribution in [-0.2, 0) is 9.59 Å². The fraction of sp³-hybridized carbons (Fsp3) is 0.579. The molecule has 6 heteroatoms. The van der Waals surface area contributed by atoms with Crippen LogP contribution in [-0.4, -0.2) is 42.6 Å². The maximum atomic E-state index is 12.4. The number of benzene rings is 1. The Bertz CT molecular complexity index is 666. The normalized spacial score (nSPS) is 30.6. The monoisotopic (exact) mass is 343 g/mol. The van der Waals surface area contributed by atoms with Crippen molar-refractivity contribution < 1.29 is 14.3 Å². The van der Waals surface area contributed by atoms with Gasteiger partial charge in [0.15, 0.2) is 6.10 Å². The maximum Gasteiger partial charge on any atom is 0.267 e. The minimum Gasteiger partial charge on any atom is -0.479 e. The number of carbonyl (C=O) groups is 2. The van der Waals surface area contributed by atoms with Gasteiger partial charge in [-0.15, -0.1) is 0 Å². The van der Waals surface area contributed by atoms with Gasteiger partial charge >= 0.3 is 0 Å². The van der Waals surface area contributed by atoms with Crippen LogP contribution in [0.5, 0.6) is 5.75 Å². The Morgan fingerprint density at radius 1 is 1.28 bits per heavy atom. The second kappa shape index (κ2) is 6.67. The Morgan fingerprint density at radius 2 is 2.00 bits per heavy atom. The Labute approximate surface area is 147 Å². The lowest BCUT2D eigenvalue weighted by Crippen LogP contribution is -2.49. The van der Waals surface area contributed by atoms with Crippen molar-refractivity contribution in [1.82, 2.24) is 10.6 Å². The molecule has 0 aromatic heterocycles. The van der Waals surface area contributed by atoms with E-state index in [4.69, 9.17) is 4.74 Å². The van der Waals surface area contributed by atoms with Crippen LogP contribution in [0.4, 0.5) is 5.69 Å². The average Bonchev–Trinajstić information content (AvgIpc) is 2.94. The molecular formula is C19H25N3O3. The van der Waals surface area contributed by atoms with Crippen molar-refractivity contribution in [3.8, 4) is 5.75 Å². The zero-order valence-corrected chi connectivity index (χ0v) is 14.5. The number of fused-ring (bicyclic) bond motifs is 3. The molecule has 2 fully saturated rings. The first-order valence-electron chi connectivity index (χ1n) is 9.22. The quantitative estimate of drug-likeness (QED) is 0.871. The van der Waals surface area contributed by atoms with Crippen LogP contribution >= 0.6 is 0 Å². The summed E-state index contributed by atoms with van der Waals surface area (Å²) in [5.41, 5.74) is 0.748. The van der Waals surface area contributed by atoms with Gasteiger partial charge in [-0.1, -0.05) is 12.1 Å². The predicted molar refractivity (Wildman–Crippen MR) is 94.6 cm³/mol. The van der Waals surface area contributed by atoms with Gasteiger partial charge in [-0.3, -0.25) is 9.59 Å². The van der Waals surface area contributed by atoms with Crippen LogP contribution < -0.4 is 20.3 Å². The second-order valence-electron chi connectivity index (χ2n) is 7.34. The van der Waals surface area contributed by atoms with E-state index in [0.717, 1.165) is 18.5 Å². The van der Waals surface area contributed by atoms with Crippen LogP contribution in [0.2, 0.25) is 0 Å². The summed E-state index contributed by atoms with van der Waals surface area (Å²) in [6.07, 6.45) is 4.25. The molecule has 3 atom stereocenters. The summed E-state index contributed by atoms with van der Waals surface area (Å²) in [5.74, 6) is 0.632. The van der Waals surface area contributed by atoms with Gasteiger partial charge in [-0.2, -0.15) is 0 Å². The Hall–Kier alpha value is -2.08. The van der Waals surface area contributed by atoms with Crippen molar-refractivity contribution in [1.29, 1.82) is 0 Å². The zero-order chi connectivity index (χ0) is 17.4. The van der Waals surface area contributed by atoms with Crippen LogP contribution in [0.3, 0.4) is 0 Å². The number of amides is 2. The molecule has 4 rings (SSSR count). The molecule has 0 spiro atoms. The molecule has 2 amide bonds. The Kier molecular flexibility index (Phi) is 4.37. The lowest BCUT2D eigenvalue weighted by molar-refractivity contribution is -0.125. The number of anilines is 1. The summed E-state index contributed by atoms with van der Waals surface area (Å²) < 4.78 is 5.63. The third-order valence-corrected chi connectivity index (χ3v) is 5.47. The molecule has 3 unspecified atom stereocenters. The van der Waals surface area contributed by atoms with E-state index in [1.165, 1.54) is 12.8 Å². The third-order valence-electron chi connectivity index (χ3n) is 5.47. The molecule has 1 aromatic carbocycles. The highest BCUT2D eigenvalue weighted by atomic mass is 16.5. The maximum absolute atomic E-state index is 12.4. The number of carbonyl (C=O) groups excluding carboxylic acids is 2. The highest BCUT2D eigenvalue weighted by Crippen LogP contribution is 2.33. The van der Waals surface area contributed by atoms with Gasteiger partial charge in [0, 0.05) is 31.1 Å². The number of para-hydroxylation sites is 2. The standard InChI is InChI=1S/C19H25N3O3/c1-12-19(24)22(16-4-2-3-5-17(16)25-12)9-8-18(23)21-15-10-13-6-7-14(11-15)20-13/h2-5,12-15,20H,6-11H2,1H3,(H,21,23). The molecular weight excluding hydrogens is 318 g/mol. The minimum atomic E-state index is -0.516. The van der Waals surface area contributed by atoms with Crippen molar-refractivity contribution in [2.75, 3.05) is 11.4 Å². The molecule has 2 N–H and O–H groups in total. The summed E-state index contributed by atoms with van der Waals surface area (Å²) in [6.45, 7) is 2.13. The largest absolute Gasteiger partial charge is 0.479 e. The molecule has 2 bridgehead atoms. The van der Waals surface area contributed by atoms with Crippen LogP contribution in [0.25, 0.3) is 0 Å². The van der Waals surface area contributed by atoms with Gasteiger partial charge in [0.1, 0.15) is 5.75 Å². The van der Waals surface area contributed by atoms with E-state index in [9.17, 15) is 9.59 Å². The van der Waals surface area contributed by atoms with Crippen molar-refractivity contribution in [2.45, 2.75) is 63.3 Å². The SMILES string of the molecule is CC1Oc2ccccc2N(CCC(=O)NC2CC3CCC(C2)N3)C1=O. The molecule has 0 radical (unpaired) electrons. The highest BCUT2D eigenvalue weighted by molar-refractivity contribution is 6.00. The number of ether oxygens (including phenoxy) is 1. The number of nitrogens with one attached hydrogen (secondary N) is 2. The first kappa shape index (κ1) is 16.4. The minimum absolute atomic E-state index is 0.0238. The summed E-state index contributed by atoms with van der Waals surface area (Å²) in [5, 5.41) is 6.74. The van der Waals surface area contributed by atoms with E-state index in [0.29, 0.717) is 30.8 Å². The number of hydrogen-bond acceptors (Lipinski definition) is 4. The number of hydrogen-bond donors (Lipinski definition) is 2. The first-order chi connectivity index (χ1) is 12.1. The Balaban J connectivity index is 1.36. The summed E-state index contributed by atoms with van der Waals surface area (Å²) in [4.78, 5) is 26.5. The van der Waals surface area contributed by atoms with Gasteiger partial charge in [0.2, 0.25) is 5.91 Å². The van der Waals surface area contributed by atoms with Gasteiger partial charge in [0.25, 0.3) is 5.91 Å². The van der Waals surface area contributed by atoms with E-state index in [-0.39, 0.29) is 17.9 Å². The number of piperidine rings is 1. The molecule has 6 nitrogen and oxygen atoms in total. The molecule has 3 heterocycles. The van der Waals surface area contributed by atoms with Crippen molar-refractivity contribution in [3.05, 3.63) is 24.3 Å². The highest BCUT2D eigenvalue weighted by Gasteiger charge is 2.34. The van der Waals surface area contributed by atoms with Crippen molar-refractivity contribution in [3.63, 3.8) is 0 Å². The van der Waals surface area contributed by atoms with E-state index >= 15 is 0 Å². The van der Waals surface area contributed by atoms with E-state index in [2.05, 4.69) is 10.6 Å². The molecule has 1 aromatic rings. The van der Waals surface area contributed by atoms with Crippen LogP contribution in [0, 0.1) is 0 Å². The number of rotatable bonds is 4. The lowest BCUT2D eigenvalue weighted by Gasteiger charge is -2.33. The van der Waals surface area contributed by atoms with Gasteiger partial charge in [-0.05, 0) is 44.7 Å². The Morgan fingerprint density at radius 3 is 2.76 bits per heavy atom. The van der Waals surface area contributed by atoms with E-state index < -0.39 is 6.10 Å². The van der Waals surface area contributed by atoms with Gasteiger partial charge in [-0.25, -0.2) is 0 Å². The smallest absolute Gasteiger partial charge is 0.267 e. The number of nitrogens with zero attached hydrogens (tertiary/aromatic N) is 1. The summed E-state index contributed by atoms with van der Waals surface area (Å²) >= 11 is 0.